The average Bonchev–Trinajstić information content (AvgIpc) is 3.02. The van der Waals surface area contributed by atoms with Gasteiger partial charge in [0.15, 0.2) is 0 Å². The summed E-state index contributed by atoms with van der Waals surface area (Å²) in [5, 5.41) is 1.12. The molecule has 0 aromatic heterocycles. The summed E-state index contributed by atoms with van der Waals surface area (Å²) in [6.07, 6.45) is 1.58. The third kappa shape index (κ3) is 1.59. The van der Waals surface area contributed by atoms with Crippen molar-refractivity contribution in [3.63, 3.8) is 0 Å². The number of benzene rings is 1. The zero-order valence-electron chi connectivity index (χ0n) is 9.46. The molecule has 1 aromatic rings. The molecule has 1 saturated carbocycles. The van der Waals surface area contributed by atoms with E-state index in [1.165, 1.54) is 6.07 Å². The minimum atomic E-state index is -0.498. The van der Waals surface area contributed by atoms with Crippen LogP contribution in [0.25, 0.3) is 0 Å². The van der Waals surface area contributed by atoms with E-state index in [4.69, 9.17) is 5.84 Å². The van der Waals surface area contributed by atoms with E-state index in [9.17, 15) is 9.18 Å². The average molecular weight is 222 g/mol. The number of aryl methyl sites for hydroxylation is 1. The second kappa shape index (κ2) is 3.56. The summed E-state index contributed by atoms with van der Waals surface area (Å²) in [7, 11) is 1.54. The van der Waals surface area contributed by atoms with Crippen LogP contribution in [0, 0.1) is 12.7 Å². The Morgan fingerprint density at radius 3 is 2.56 bits per heavy atom. The van der Waals surface area contributed by atoms with Crippen molar-refractivity contribution in [3.8, 4) is 0 Å². The monoisotopic (exact) mass is 222 g/mol. The van der Waals surface area contributed by atoms with Crippen molar-refractivity contribution in [2.24, 2.45) is 5.84 Å². The molecule has 86 valence electrons. The first-order valence-electron chi connectivity index (χ1n) is 5.27. The van der Waals surface area contributed by atoms with Crippen molar-refractivity contribution in [2.75, 3.05) is 7.05 Å². The van der Waals surface area contributed by atoms with Gasteiger partial charge in [-0.15, -0.1) is 0 Å². The van der Waals surface area contributed by atoms with Gasteiger partial charge in [-0.1, -0.05) is 12.1 Å². The summed E-state index contributed by atoms with van der Waals surface area (Å²) in [5.74, 6) is 5.14. The molecule has 0 radical (unpaired) electrons. The molecular weight excluding hydrogens is 207 g/mol. The Labute approximate surface area is 94.0 Å². The standard InChI is InChI=1S/C12H15FN2O/c1-8-7-9(3-4-10(8)13)12(5-6-12)11(16)15(2)14/h3-4,7H,5-6,14H2,1-2H3. The third-order valence-corrected chi connectivity index (χ3v) is 3.19. The van der Waals surface area contributed by atoms with Crippen LogP contribution in [-0.4, -0.2) is 18.0 Å². The first-order chi connectivity index (χ1) is 7.47. The number of hydrogen-bond acceptors (Lipinski definition) is 2. The molecule has 2 rings (SSSR count). The molecule has 16 heavy (non-hydrogen) atoms. The van der Waals surface area contributed by atoms with Crippen molar-refractivity contribution in [3.05, 3.63) is 35.1 Å². The molecule has 0 bridgehead atoms. The van der Waals surface area contributed by atoms with Gasteiger partial charge >= 0.3 is 0 Å². The molecule has 2 N–H and O–H groups in total. The van der Waals surface area contributed by atoms with Gasteiger partial charge < -0.3 is 0 Å². The number of carbonyl (C=O) groups is 1. The van der Waals surface area contributed by atoms with Crippen LogP contribution in [0.4, 0.5) is 4.39 Å². The fraction of sp³-hybridized carbons (Fsp3) is 0.417. The van der Waals surface area contributed by atoms with Gasteiger partial charge in [0.05, 0.1) is 5.41 Å². The third-order valence-electron chi connectivity index (χ3n) is 3.19. The second-order valence-corrected chi connectivity index (χ2v) is 4.46. The van der Waals surface area contributed by atoms with Crippen molar-refractivity contribution >= 4 is 5.91 Å². The molecule has 1 aromatic carbocycles. The Hall–Kier alpha value is -1.42. The fourth-order valence-corrected chi connectivity index (χ4v) is 2.03. The van der Waals surface area contributed by atoms with Crippen LogP contribution in [0.2, 0.25) is 0 Å². The Morgan fingerprint density at radius 1 is 1.50 bits per heavy atom. The minimum Gasteiger partial charge on any atom is -0.283 e. The molecule has 1 amide bonds. The van der Waals surface area contributed by atoms with Crippen LogP contribution in [0.1, 0.15) is 24.0 Å². The number of likely N-dealkylation sites (N-methyl/N-ethyl adjacent to an activating group) is 1. The van der Waals surface area contributed by atoms with Gasteiger partial charge in [-0.25, -0.2) is 10.2 Å². The van der Waals surface area contributed by atoms with Gasteiger partial charge in [0.25, 0.3) is 0 Å². The highest BCUT2D eigenvalue weighted by Crippen LogP contribution is 2.49. The summed E-state index contributed by atoms with van der Waals surface area (Å²) in [4.78, 5) is 11.9. The zero-order valence-corrected chi connectivity index (χ0v) is 9.46. The molecular formula is C12H15FN2O. The van der Waals surface area contributed by atoms with Crippen LogP contribution in [-0.2, 0) is 10.2 Å². The summed E-state index contributed by atoms with van der Waals surface area (Å²) in [5.41, 5.74) is 0.937. The molecule has 0 aliphatic heterocycles. The lowest BCUT2D eigenvalue weighted by Crippen LogP contribution is -2.41. The van der Waals surface area contributed by atoms with E-state index in [1.807, 2.05) is 0 Å². The van der Waals surface area contributed by atoms with E-state index in [0.717, 1.165) is 23.4 Å². The van der Waals surface area contributed by atoms with E-state index in [-0.39, 0.29) is 11.7 Å². The summed E-state index contributed by atoms with van der Waals surface area (Å²) in [6, 6.07) is 4.83. The molecule has 0 saturated heterocycles. The van der Waals surface area contributed by atoms with Crippen LogP contribution >= 0.6 is 0 Å². The predicted octanol–water partition coefficient (Wildman–Crippen LogP) is 1.50. The van der Waals surface area contributed by atoms with E-state index >= 15 is 0 Å². The van der Waals surface area contributed by atoms with Crippen molar-refractivity contribution in [1.82, 2.24) is 5.01 Å². The maximum atomic E-state index is 13.1. The quantitative estimate of drug-likeness (QED) is 0.468. The normalized spacial score (nSPS) is 17.0. The number of amides is 1. The summed E-state index contributed by atoms with van der Waals surface area (Å²) >= 11 is 0. The number of halogens is 1. The van der Waals surface area contributed by atoms with Crippen LogP contribution in [0.15, 0.2) is 18.2 Å². The zero-order chi connectivity index (χ0) is 11.9. The van der Waals surface area contributed by atoms with Crippen LogP contribution in [0.3, 0.4) is 0 Å². The number of nitrogens with zero attached hydrogens (tertiary/aromatic N) is 1. The van der Waals surface area contributed by atoms with Gasteiger partial charge in [0.2, 0.25) is 5.91 Å². The van der Waals surface area contributed by atoms with Gasteiger partial charge in [-0.2, -0.15) is 0 Å². The maximum absolute atomic E-state index is 13.1. The smallest absolute Gasteiger partial charge is 0.246 e. The molecule has 1 fully saturated rings. The number of hydrogen-bond donors (Lipinski definition) is 1. The molecule has 0 atom stereocenters. The second-order valence-electron chi connectivity index (χ2n) is 4.46. The van der Waals surface area contributed by atoms with E-state index in [2.05, 4.69) is 0 Å². The SMILES string of the molecule is Cc1cc(C2(C(=O)N(C)N)CC2)ccc1F. The molecule has 0 heterocycles. The molecule has 0 spiro atoms. The van der Waals surface area contributed by atoms with Gasteiger partial charge in [0.1, 0.15) is 5.82 Å². The molecule has 3 nitrogen and oxygen atoms in total. The number of carbonyl (C=O) groups excluding carboxylic acids is 1. The molecule has 1 aliphatic carbocycles. The predicted molar refractivity (Wildman–Crippen MR) is 59.0 cm³/mol. The lowest BCUT2D eigenvalue weighted by Gasteiger charge is -2.20. The lowest BCUT2D eigenvalue weighted by molar-refractivity contribution is -0.132. The number of nitrogens with two attached hydrogens (primary N) is 1. The largest absolute Gasteiger partial charge is 0.283 e. The summed E-state index contributed by atoms with van der Waals surface area (Å²) < 4.78 is 13.1. The van der Waals surface area contributed by atoms with E-state index in [1.54, 1.807) is 26.1 Å². The Balaban J connectivity index is 2.37. The van der Waals surface area contributed by atoms with Crippen molar-refractivity contribution < 1.29 is 9.18 Å². The van der Waals surface area contributed by atoms with Crippen LogP contribution < -0.4 is 5.84 Å². The first kappa shape index (κ1) is 11.1. The van der Waals surface area contributed by atoms with Gasteiger partial charge in [0, 0.05) is 7.05 Å². The fourth-order valence-electron chi connectivity index (χ4n) is 2.03. The van der Waals surface area contributed by atoms with E-state index in [0.29, 0.717) is 5.56 Å². The topological polar surface area (TPSA) is 46.3 Å². The Morgan fingerprint density at radius 2 is 2.12 bits per heavy atom. The minimum absolute atomic E-state index is 0.0986. The van der Waals surface area contributed by atoms with Crippen molar-refractivity contribution in [2.45, 2.75) is 25.2 Å². The Kier molecular flexibility index (Phi) is 2.46. The number of hydrazine groups is 1. The highest BCUT2D eigenvalue weighted by molar-refractivity contribution is 5.90. The Bertz CT molecular complexity index is 439. The maximum Gasteiger partial charge on any atom is 0.246 e. The summed E-state index contributed by atoms with van der Waals surface area (Å²) in [6.45, 7) is 1.70. The highest BCUT2D eigenvalue weighted by atomic mass is 19.1. The van der Waals surface area contributed by atoms with Gasteiger partial charge in [-0.05, 0) is 37.0 Å². The highest BCUT2D eigenvalue weighted by Gasteiger charge is 2.52. The van der Waals surface area contributed by atoms with Crippen molar-refractivity contribution in [1.29, 1.82) is 0 Å². The lowest BCUT2D eigenvalue weighted by atomic mass is 9.93. The first-order valence-corrected chi connectivity index (χ1v) is 5.27. The van der Waals surface area contributed by atoms with Crippen LogP contribution in [0.5, 0.6) is 0 Å². The van der Waals surface area contributed by atoms with E-state index < -0.39 is 5.41 Å². The number of rotatable bonds is 2. The van der Waals surface area contributed by atoms with Gasteiger partial charge in [-0.3, -0.25) is 9.80 Å². The molecule has 4 heteroatoms. The molecule has 0 unspecified atom stereocenters. The molecule has 1 aliphatic rings.